The number of hydrogen-bond donors (Lipinski definition) is 1. The lowest BCUT2D eigenvalue weighted by molar-refractivity contribution is 0.351. The van der Waals surface area contributed by atoms with Gasteiger partial charge in [-0.15, -0.1) is 11.1 Å². The van der Waals surface area contributed by atoms with Crippen molar-refractivity contribution in [3.63, 3.8) is 0 Å². The molecular formula is C21H33N5OS. The average Bonchev–Trinajstić information content (AvgIpc) is 3.35. The third kappa shape index (κ3) is 4.57. The Hall–Kier alpha value is -1.89. The van der Waals surface area contributed by atoms with Crippen LogP contribution in [0.5, 0.6) is 0 Å². The summed E-state index contributed by atoms with van der Waals surface area (Å²) in [6.45, 7) is 12.9. The molecule has 3 rings (SSSR count). The van der Waals surface area contributed by atoms with Crippen LogP contribution in [-0.2, 0) is 13.5 Å². The Balaban J connectivity index is 1.65. The summed E-state index contributed by atoms with van der Waals surface area (Å²) in [5, 5.41) is 6.37. The summed E-state index contributed by atoms with van der Waals surface area (Å²) >= 11 is -0.419. The Kier molecular flexibility index (Phi) is 6.43. The first-order valence-electron chi connectivity index (χ1n) is 10.1. The molecule has 1 aliphatic rings. The first kappa shape index (κ1) is 20.8. The molecule has 0 amide bonds. The molecule has 3 heterocycles. The Bertz CT molecular complexity index is 864. The zero-order valence-corrected chi connectivity index (χ0v) is 18.9. The summed E-state index contributed by atoms with van der Waals surface area (Å²) in [7, 11) is 2.11. The molecule has 0 aromatic carbocycles. The monoisotopic (exact) mass is 403 g/mol. The van der Waals surface area contributed by atoms with Crippen LogP contribution < -0.4 is 0 Å². The molecular weight excluding hydrogens is 370 g/mol. The SMILES string of the molecule is CC(C)C1=N[SH](CC(C)c2ncc(CC(C)c3nc(C(C)C)no3)n2C)C=C1. The second-order valence-corrected chi connectivity index (χ2v) is 10.2. The van der Waals surface area contributed by atoms with E-state index in [1.165, 1.54) is 11.4 Å². The van der Waals surface area contributed by atoms with Crippen LogP contribution in [0.4, 0.5) is 0 Å². The van der Waals surface area contributed by atoms with E-state index in [0.29, 0.717) is 17.7 Å². The largest absolute Gasteiger partial charge is 0.339 e. The normalized spacial score (nSPS) is 20.2. The second-order valence-electron chi connectivity index (χ2n) is 8.44. The predicted molar refractivity (Wildman–Crippen MR) is 117 cm³/mol. The Morgan fingerprint density at radius 3 is 2.43 bits per heavy atom. The third-order valence-electron chi connectivity index (χ3n) is 5.19. The van der Waals surface area contributed by atoms with Crippen LogP contribution in [-0.4, -0.2) is 31.2 Å². The minimum absolute atomic E-state index is 0.166. The van der Waals surface area contributed by atoms with Crippen LogP contribution in [0.25, 0.3) is 0 Å². The molecule has 0 N–H and O–H groups in total. The van der Waals surface area contributed by atoms with Crippen LogP contribution in [0, 0.1) is 5.92 Å². The quantitative estimate of drug-likeness (QED) is 0.635. The van der Waals surface area contributed by atoms with Gasteiger partial charge in [0, 0.05) is 54.6 Å². The number of aromatic nitrogens is 4. The van der Waals surface area contributed by atoms with Crippen LogP contribution in [0.2, 0.25) is 0 Å². The Morgan fingerprint density at radius 1 is 1.07 bits per heavy atom. The highest BCUT2D eigenvalue weighted by Crippen LogP contribution is 2.39. The van der Waals surface area contributed by atoms with Gasteiger partial charge in [0.25, 0.3) is 0 Å². The molecule has 3 unspecified atom stereocenters. The van der Waals surface area contributed by atoms with Crippen molar-refractivity contribution in [3.05, 3.63) is 40.9 Å². The van der Waals surface area contributed by atoms with Crippen LogP contribution >= 0.6 is 11.1 Å². The molecule has 1 aliphatic heterocycles. The van der Waals surface area contributed by atoms with Crippen molar-refractivity contribution in [2.45, 2.75) is 65.7 Å². The minimum atomic E-state index is -0.419. The van der Waals surface area contributed by atoms with Gasteiger partial charge in [0.05, 0.1) is 0 Å². The molecule has 154 valence electrons. The van der Waals surface area contributed by atoms with Crippen molar-refractivity contribution in [1.82, 2.24) is 19.7 Å². The maximum absolute atomic E-state index is 5.46. The fourth-order valence-corrected chi connectivity index (χ4v) is 5.25. The van der Waals surface area contributed by atoms with E-state index in [9.17, 15) is 0 Å². The lowest BCUT2D eigenvalue weighted by atomic mass is 10.1. The van der Waals surface area contributed by atoms with Crippen molar-refractivity contribution in [3.8, 4) is 0 Å². The van der Waals surface area contributed by atoms with Crippen LogP contribution in [0.1, 0.15) is 82.5 Å². The van der Waals surface area contributed by atoms with Gasteiger partial charge >= 0.3 is 0 Å². The number of imidazole rings is 1. The van der Waals surface area contributed by atoms with E-state index in [1.54, 1.807) is 0 Å². The standard InChI is InChI=1S/C21H33N5OS/c1-13(2)18-8-9-28(25-18)12-16(6)20-22-11-17(26(20)7)10-15(5)21-23-19(14(3)4)24-27-21/h8-9,11,13-16,28H,10,12H2,1-7H3. The van der Waals surface area contributed by atoms with Crippen molar-refractivity contribution in [1.29, 1.82) is 0 Å². The molecule has 7 heteroatoms. The van der Waals surface area contributed by atoms with E-state index in [4.69, 9.17) is 13.9 Å². The highest BCUT2D eigenvalue weighted by atomic mass is 32.2. The molecule has 0 saturated heterocycles. The molecule has 0 aliphatic carbocycles. The van der Waals surface area contributed by atoms with Crippen molar-refractivity contribution in [2.75, 3.05) is 5.75 Å². The summed E-state index contributed by atoms with van der Waals surface area (Å²) < 4.78 is 12.6. The lowest BCUT2D eigenvalue weighted by Gasteiger charge is -2.17. The number of rotatable bonds is 8. The van der Waals surface area contributed by atoms with Crippen LogP contribution in [0.15, 0.2) is 26.6 Å². The molecule has 0 fully saturated rings. The first-order valence-corrected chi connectivity index (χ1v) is 11.7. The number of thiol groups is 1. The summed E-state index contributed by atoms with van der Waals surface area (Å²) in [4.78, 5) is 9.27. The molecule has 0 spiro atoms. The highest BCUT2D eigenvalue weighted by Gasteiger charge is 2.21. The summed E-state index contributed by atoms with van der Waals surface area (Å²) in [6.07, 6.45) is 5.02. The molecule has 6 nitrogen and oxygen atoms in total. The van der Waals surface area contributed by atoms with Gasteiger partial charge < -0.3 is 9.09 Å². The van der Waals surface area contributed by atoms with E-state index in [-0.39, 0.29) is 11.8 Å². The predicted octanol–water partition coefficient (Wildman–Crippen LogP) is 4.92. The highest BCUT2D eigenvalue weighted by molar-refractivity contribution is 8.18. The summed E-state index contributed by atoms with van der Waals surface area (Å²) in [5.74, 6) is 4.96. The van der Waals surface area contributed by atoms with Gasteiger partial charge in [-0.05, 0) is 17.4 Å². The van der Waals surface area contributed by atoms with Crippen molar-refractivity contribution < 1.29 is 4.52 Å². The smallest absolute Gasteiger partial charge is 0.229 e. The van der Waals surface area contributed by atoms with Gasteiger partial charge in [0.15, 0.2) is 5.82 Å². The number of hydrogen-bond acceptors (Lipinski definition) is 5. The molecule has 0 saturated carbocycles. The maximum atomic E-state index is 5.46. The molecule has 2 aromatic rings. The van der Waals surface area contributed by atoms with Gasteiger partial charge in [0.2, 0.25) is 5.89 Å². The van der Waals surface area contributed by atoms with Gasteiger partial charge in [-0.3, -0.25) is 0 Å². The fraction of sp³-hybridized carbons (Fsp3) is 0.619. The van der Waals surface area contributed by atoms with Crippen molar-refractivity contribution in [2.24, 2.45) is 17.4 Å². The van der Waals surface area contributed by atoms with Crippen molar-refractivity contribution >= 4 is 16.8 Å². The molecule has 0 bridgehead atoms. The molecule has 28 heavy (non-hydrogen) atoms. The second kappa shape index (κ2) is 8.64. The Morgan fingerprint density at radius 2 is 1.82 bits per heavy atom. The van der Waals surface area contributed by atoms with Crippen LogP contribution in [0.3, 0.4) is 0 Å². The first-order chi connectivity index (χ1) is 13.3. The lowest BCUT2D eigenvalue weighted by Crippen LogP contribution is -2.10. The van der Waals surface area contributed by atoms with E-state index in [2.05, 4.69) is 74.8 Å². The molecule has 3 atom stereocenters. The number of nitrogens with zero attached hydrogens (tertiary/aromatic N) is 5. The van der Waals surface area contributed by atoms with E-state index >= 15 is 0 Å². The zero-order chi connectivity index (χ0) is 20.4. The van der Waals surface area contributed by atoms with Gasteiger partial charge in [0.1, 0.15) is 5.82 Å². The van der Waals surface area contributed by atoms with E-state index in [0.717, 1.165) is 23.8 Å². The fourth-order valence-electron chi connectivity index (χ4n) is 3.34. The van der Waals surface area contributed by atoms with Gasteiger partial charge in [-0.25, -0.2) is 9.38 Å². The topological polar surface area (TPSA) is 69.1 Å². The van der Waals surface area contributed by atoms with Gasteiger partial charge in [-0.2, -0.15) is 4.98 Å². The van der Waals surface area contributed by atoms with E-state index < -0.39 is 11.1 Å². The maximum Gasteiger partial charge on any atom is 0.229 e. The van der Waals surface area contributed by atoms with Gasteiger partial charge in [-0.1, -0.05) is 46.7 Å². The summed E-state index contributed by atoms with van der Waals surface area (Å²) in [6, 6.07) is 0. The average molecular weight is 404 g/mol. The van der Waals surface area contributed by atoms with E-state index in [1.807, 2.05) is 6.20 Å². The third-order valence-corrected chi connectivity index (χ3v) is 7.09. The summed E-state index contributed by atoms with van der Waals surface area (Å²) in [5.41, 5.74) is 2.42. The Labute approximate surface area is 171 Å². The zero-order valence-electron chi connectivity index (χ0n) is 18.0. The number of allylic oxidation sites excluding steroid dienone is 1. The minimum Gasteiger partial charge on any atom is -0.339 e. The molecule has 0 radical (unpaired) electrons. The molecule has 2 aromatic heterocycles.